The molecule has 1 fully saturated rings. The van der Waals surface area contributed by atoms with E-state index in [1.54, 1.807) is 30.9 Å². The summed E-state index contributed by atoms with van der Waals surface area (Å²) in [5.41, 5.74) is 7.10. The van der Waals surface area contributed by atoms with Crippen LogP contribution in [0.3, 0.4) is 0 Å². The van der Waals surface area contributed by atoms with Crippen LogP contribution in [0.5, 0.6) is 0 Å². The maximum Gasteiger partial charge on any atom is 0.253 e. The number of nitrogens with zero attached hydrogens (tertiary/aromatic N) is 3. The van der Waals surface area contributed by atoms with Crippen molar-refractivity contribution in [2.75, 3.05) is 54.1 Å². The van der Waals surface area contributed by atoms with Crippen molar-refractivity contribution in [3.8, 4) is 0 Å². The van der Waals surface area contributed by atoms with E-state index in [1.165, 1.54) is 19.3 Å². The number of methoxy groups -OCH3 is 2. The van der Waals surface area contributed by atoms with E-state index in [4.69, 9.17) is 19.9 Å². The van der Waals surface area contributed by atoms with Crippen LogP contribution in [0.15, 0.2) is 42.5 Å². The highest BCUT2D eigenvalue weighted by Crippen LogP contribution is 2.29. The van der Waals surface area contributed by atoms with Gasteiger partial charge in [-0.05, 0) is 30.2 Å². The van der Waals surface area contributed by atoms with Gasteiger partial charge >= 0.3 is 0 Å². The molecule has 15 nitrogen and oxygen atoms in total. The van der Waals surface area contributed by atoms with E-state index in [0.717, 1.165) is 23.3 Å². The molecule has 0 aromatic heterocycles. The van der Waals surface area contributed by atoms with Crippen molar-refractivity contribution in [1.29, 1.82) is 0 Å². The number of ether oxygens (including phenoxy) is 3. The molecule has 0 aliphatic carbocycles. The van der Waals surface area contributed by atoms with Crippen LogP contribution in [0.4, 0.5) is 0 Å². The molecule has 0 saturated carbocycles. The second-order valence-corrected chi connectivity index (χ2v) is 15.2. The predicted molar refractivity (Wildman–Crippen MR) is 211 cm³/mol. The number of imide groups is 1. The lowest BCUT2D eigenvalue weighted by Gasteiger charge is -2.40. The average molecular weight is 785 g/mol. The second-order valence-electron chi connectivity index (χ2n) is 15.2. The molecule has 1 aromatic carbocycles. The molecule has 2 heterocycles. The monoisotopic (exact) mass is 784 g/mol. The van der Waals surface area contributed by atoms with Gasteiger partial charge in [-0.25, -0.2) is 0 Å². The Morgan fingerprint density at radius 3 is 2.21 bits per heavy atom. The highest BCUT2D eigenvalue weighted by atomic mass is 16.5. The van der Waals surface area contributed by atoms with Crippen LogP contribution in [-0.4, -0.2) is 141 Å². The van der Waals surface area contributed by atoms with Crippen molar-refractivity contribution in [3.05, 3.63) is 48.0 Å². The van der Waals surface area contributed by atoms with Gasteiger partial charge in [0.05, 0.1) is 62.4 Å². The summed E-state index contributed by atoms with van der Waals surface area (Å²) in [6, 6.07) is 6.95. The molecule has 0 bridgehead atoms. The summed E-state index contributed by atoms with van der Waals surface area (Å²) < 4.78 is 17.4. The first-order valence-electron chi connectivity index (χ1n) is 19.8. The number of hydrogen-bond acceptors (Lipinski definition) is 10. The number of nitrogens with two attached hydrogens (primary N) is 1. The zero-order valence-corrected chi connectivity index (χ0v) is 34.4. The molecule has 8 atom stereocenters. The van der Waals surface area contributed by atoms with Gasteiger partial charge in [-0.2, -0.15) is 0 Å². The normalized spacial score (nSPS) is 19.4. The Kier molecular flexibility index (Phi) is 18.6. The van der Waals surface area contributed by atoms with Crippen molar-refractivity contribution >= 4 is 35.4 Å². The summed E-state index contributed by atoms with van der Waals surface area (Å²) in [5, 5.41) is 5.75. The van der Waals surface area contributed by atoms with Gasteiger partial charge in [0.15, 0.2) is 0 Å². The minimum atomic E-state index is -0.916. The Hall–Kier alpha value is -4.18. The average Bonchev–Trinajstić information content (AvgIpc) is 3.80. The van der Waals surface area contributed by atoms with E-state index >= 15 is 0 Å². The molecular weight excluding hydrogens is 720 g/mol. The zero-order chi connectivity index (χ0) is 41.5. The molecule has 0 radical (unpaired) electrons. The SMILES string of the molecule is CC[C@H](C)[C@@H]([C@H](CC(=O)N1CCC[C@H]1[C@H](OC)[C@@H](C)C(=O)N[C@@H](Cc1ccccc1)C(=O)NCCOCCN1C(=O)C=CC1=O)OC)N(C)C(=O)[C@@H](N)C(C)C. The van der Waals surface area contributed by atoms with E-state index in [1.807, 2.05) is 58.0 Å². The standard InChI is InChI=1S/C41H64N6O9/c1-9-27(4)37(45(6)41(53)36(42)26(2)3)32(54-7)25-35(50)46-20-13-16-31(46)38(55-8)28(5)39(51)44-30(24-29-14-11-10-12-15-29)40(52)43-19-22-56-23-21-47-33(48)17-18-34(47)49/h10-12,14-15,17-18,26-28,30-32,36-38H,9,13,16,19-25,42H2,1-8H3,(H,43,52)(H,44,51)/t27-,28+,30-,31-,32-,36-,37-,38+/m0/s1. The molecule has 2 aliphatic heterocycles. The van der Waals surface area contributed by atoms with E-state index in [9.17, 15) is 28.8 Å². The van der Waals surface area contributed by atoms with Crippen molar-refractivity contribution < 1.29 is 43.0 Å². The molecule has 4 N–H and O–H groups in total. The topological polar surface area (TPSA) is 190 Å². The third kappa shape index (κ3) is 12.4. The number of likely N-dealkylation sites (N-methyl/N-ethyl adjacent to an activating group) is 1. The van der Waals surface area contributed by atoms with Gasteiger partial charge in [0.1, 0.15) is 6.04 Å². The van der Waals surface area contributed by atoms with Gasteiger partial charge in [-0.15, -0.1) is 0 Å². The first-order chi connectivity index (χ1) is 26.7. The Balaban J connectivity index is 1.67. The molecule has 2 aliphatic rings. The lowest BCUT2D eigenvalue weighted by molar-refractivity contribution is -0.146. The van der Waals surface area contributed by atoms with Gasteiger partial charge in [0.2, 0.25) is 23.6 Å². The van der Waals surface area contributed by atoms with Crippen molar-refractivity contribution in [3.63, 3.8) is 0 Å². The fourth-order valence-corrected chi connectivity index (χ4v) is 7.47. The van der Waals surface area contributed by atoms with Gasteiger partial charge in [-0.1, -0.05) is 71.4 Å². The molecule has 15 heteroatoms. The van der Waals surface area contributed by atoms with Gasteiger partial charge in [-0.3, -0.25) is 33.7 Å². The van der Waals surface area contributed by atoms with Crippen LogP contribution in [0, 0.1) is 17.8 Å². The van der Waals surface area contributed by atoms with Crippen LogP contribution >= 0.6 is 0 Å². The lowest BCUT2D eigenvalue weighted by atomic mass is 9.89. The van der Waals surface area contributed by atoms with E-state index in [2.05, 4.69) is 10.6 Å². The molecule has 0 spiro atoms. The van der Waals surface area contributed by atoms with Gasteiger partial charge < -0.3 is 40.4 Å². The molecule has 312 valence electrons. The Bertz CT molecular complexity index is 1490. The Labute approximate surface area is 332 Å². The van der Waals surface area contributed by atoms with Crippen LogP contribution < -0.4 is 16.4 Å². The van der Waals surface area contributed by atoms with E-state index < -0.39 is 54.1 Å². The smallest absolute Gasteiger partial charge is 0.253 e. The number of likely N-dealkylation sites (tertiary alicyclic amines) is 1. The molecule has 3 rings (SSSR count). The molecule has 6 amide bonds. The fourth-order valence-electron chi connectivity index (χ4n) is 7.47. The minimum absolute atomic E-state index is 0.0240. The van der Waals surface area contributed by atoms with Crippen LogP contribution in [0.25, 0.3) is 0 Å². The summed E-state index contributed by atoms with van der Waals surface area (Å²) in [7, 11) is 4.79. The Morgan fingerprint density at radius 2 is 1.62 bits per heavy atom. The quantitative estimate of drug-likeness (QED) is 0.109. The van der Waals surface area contributed by atoms with E-state index in [0.29, 0.717) is 13.0 Å². The maximum absolute atomic E-state index is 14.1. The summed E-state index contributed by atoms with van der Waals surface area (Å²) in [6.45, 7) is 10.6. The highest BCUT2D eigenvalue weighted by Gasteiger charge is 2.43. The summed E-state index contributed by atoms with van der Waals surface area (Å²) in [5.74, 6) is -2.70. The Morgan fingerprint density at radius 1 is 0.964 bits per heavy atom. The van der Waals surface area contributed by atoms with Crippen molar-refractivity contribution in [2.24, 2.45) is 23.5 Å². The number of amides is 6. The number of carbonyl (C=O) groups is 6. The highest BCUT2D eigenvalue weighted by molar-refractivity contribution is 6.12. The fraction of sp³-hybridized carbons (Fsp3) is 0.659. The van der Waals surface area contributed by atoms with Crippen molar-refractivity contribution in [1.82, 2.24) is 25.3 Å². The second kappa shape index (κ2) is 22.5. The predicted octanol–water partition coefficient (Wildman–Crippen LogP) is 1.68. The summed E-state index contributed by atoms with van der Waals surface area (Å²) >= 11 is 0. The lowest BCUT2D eigenvalue weighted by Crippen LogP contribution is -2.56. The van der Waals surface area contributed by atoms with Crippen LogP contribution in [0.1, 0.15) is 65.9 Å². The van der Waals surface area contributed by atoms with Crippen LogP contribution in [-0.2, 0) is 49.4 Å². The summed E-state index contributed by atoms with van der Waals surface area (Å²) in [6.07, 6.45) is 3.54. The van der Waals surface area contributed by atoms with Crippen LogP contribution in [0.2, 0.25) is 0 Å². The minimum Gasteiger partial charge on any atom is -0.379 e. The summed E-state index contributed by atoms with van der Waals surface area (Å²) in [4.78, 5) is 82.8. The van der Waals surface area contributed by atoms with E-state index in [-0.39, 0.29) is 74.6 Å². The van der Waals surface area contributed by atoms with Crippen molar-refractivity contribution in [2.45, 2.75) is 103 Å². The maximum atomic E-state index is 14.1. The number of rotatable bonds is 23. The molecule has 1 aromatic rings. The molecule has 56 heavy (non-hydrogen) atoms. The molecule has 1 saturated heterocycles. The third-order valence-electron chi connectivity index (χ3n) is 11.1. The number of carbonyl (C=O) groups excluding carboxylic acids is 6. The molecular formula is C41H64N6O9. The molecule has 0 unspecified atom stereocenters. The van der Waals surface area contributed by atoms with Gasteiger partial charge in [0.25, 0.3) is 11.8 Å². The van der Waals surface area contributed by atoms with Gasteiger partial charge in [0, 0.05) is 52.9 Å². The zero-order valence-electron chi connectivity index (χ0n) is 34.4. The first-order valence-corrected chi connectivity index (χ1v) is 19.8. The number of benzene rings is 1. The number of nitrogens with one attached hydrogen (secondary N) is 2. The first kappa shape index (κ1) is 46.2. The largest absolute Gasteiger partial charge is 0.379 e. The number of hydrogen-bond donors (Lipinski definition) is 3. The third-order valence-corrected chi connectivity index (χ3v) is 11.1.